The van der Waals surface area contributed by atoms with Crippen molar-refractivity contribution in [1.29, 1.82) is 0 Å². The van der Waals surface area contributed by atoms with Crippen LogP contribution >= 0.6 is 0 Å². The zero-order valence-electron chi connectivity index (χ0n) is 16.2. The lowest BCUT2D eigenvalue weighted by Gasteiger charge is -2.15. The molecule has 0 bridgehead atoms. The van der Waals surface area contributed by atoms with E-state index in [1.807, 2.05) is 6.92 Å². The lowest BCUT2D eigenvalue weighted by Crippen LogP contribution is -2.26. The lowest BCUT2D eigenvalue weighted by atomic mass is 10.1. The highest BCUT2D eigenvalue weighted by molar-refractivity contribution is 7.89. The first-order valence-electron chi connectivity index (χ1n) is 8.56. The molecule has 0 saturated carbocycles. The van der Waals surface area contributed by atoms with Crippen molar-refractivity contribution < 1.29 is 22.4 Å². The Balaban J connectivity index is 1.84. The molecule has 0 atom stereocenters. The standard InChI is InChI=1S/C20H22N2O5S/c1-14-5-8-17(9-6-14)28(23,24)22(2)13-15-11-20(27-21-15)18-12-16(25-3)7-10-19(18)26-4/h5-12H,13H2,1-4H3. The van der Waals surface area contributed by atoms with Crippen LogP contribution in [0, 0.1) is 6.92 Å². The van der Waals surface area contributed by atoms with Crippen LogP contribution in [-0.2, 0) is 16.6 Å². The van der Waals surface area contributed by atoms with Gasteiger partial charge in [-0.3, -0.25) is 0 Å². The highest BCUT2D eigenvalue weighted by atomic mass is 32.2. The van der Waals surface area contributed by atoms with Crippen LogP contribution in [0.4, 0.5) is 0 Å². The molecule has 3 rings (SSSR count). The van der Waals surface area contributed by atoms with Crippen LogP contribution in [0.15, 0.2) is 57.9 Å². The van der Waals surface area contributed by atoms with Crippen LogP contribution in [0.25, 0.3) is 11.3 Å². The van der Waals surface area contributed by atoms with Crippen molar-refractivity contribution in [2.75, 3.05) is 21.3 Å². The minimum Gasteiger partial charge on any atom is -0.497 e. The summed E-state index contributed by atoms with van der Waals surface area (Å²) in [5.41, 5.74) is 2.15. The average Bonchev–Trinajstić information content (AvgIpc) is 3.16. The van der Waals surface area contributed by atoms with Crippen molar-refractivity contribution >= 4 is 10.0 Å². The Morgan fingerprint density at radius 3 is 2.39 bits per heavy atom. The van der Waals surface area contributed by atoms with E-state index in [0.717, 1.165) is 5.56 Å². The van der Waals surface area contributed by atoms with Gasteiger partial charge in [-0.15, -0.1) is 0 Å². The highest BCUT2D eigenvalue weighted by Crippen LogP contribution is 2.34. The summed E-state index contributed by atoms with van der Waals surface area (Å²) in [6, 6.07) is 13.7. The monoisotopic (exact) mass is 402 g/mol. The Kier molecular flexibility index (Phi) is 5.71. The smallest absolute Gasteiger partial charge is 0.243 e. The molecule has 2 aromatic carbocycles. The summed E-state index contributed by atoms with van der Waals surface area (Å²) in [5.74, 6) is 1.71. The van der Waals surface area contributed by atoms with E-state index < -0.39 is 10.0 Å². The molecule has 1 heterocycles. The fourth-order valence-electron chi connectivity index (χ4n) is 2.72. The molecule has 0 unspecified atom stereocenters. The van der Waals surface area contributed by atoms with Crippen molar-refractivity contribution in [1.82, 2.24) is 9.46 Å². The van der Waals surface area contributed by atoms with Gasteiger partial charge < -0.3 is 14.0 Å². The van der Waals surface area contributed by atoms with Crippen LogP contribution in [0.3, 0.4) is 0 Å². The van der Waals surface area contributed by atoms with Crippen molar-refractivity contribution in [3.8, 4) is 22.8 Å². The number of methoxy groups -OCH3 is 2. The second-order valence-corrected chi connectivity index (χ2v) is 8.37. The van der Waals surface area contributed by atoms with Crippen LogP contribution in [0.5, 0.6) is 11.5 Å². The summed E-state index contributed by atoms with van der Waals surface area (Å²) in [6.45, 7) is 1.98. The van der Waals surface area contributed by atoms with E-state index in [4.69, 9.17) is 14.0 Å². The van der Waals surface area contributed by atoms with Crippen molar-refractivity contribution in [3.63, 3.8) is 0 Å². The zero-order valence-corrected chi connectivity index (χ0v) is 17.0. The van der Waals surface area contributed by atoms with Gasteiger partial charge in [0.1, 0.15) is 11.5 Å². The second kappa shape index (κ2) is 8.04. The first kappa shape index (κ1) is 19.9. The Morgan fingerprint density at radius 2 is 1.75 bits per heavy atom. The zero-order chi connectivity index (χ0) is 20.3. The van der Waals surface area contributed by atoms with E-state index in [2.05, 4.69) is 5.16 Å². The molecule has 0 saturated heterocycles. The Morgan fingerprint density at radius 1 is 1.04 bits per heavy atom. The Bertz CT molecular complexity index is 1060. The van der Waals surface area contributed by atoms with Gasteiger partial charge in [-0.05, 0) is 37.3 Å². The summed E-state index contributed by atoms with van der Waals surface area (Å²) < 4.78 is 42.7. The van der Waals surface area contributed by atoms with E-state index in [0.29, 0.717) is 28.5 Å². The van der Waals surface area contributed by atoms with E-state index in [-0.39, 0.29) is 11.4 Å². The summed E-state index contributed by atoms with van der Waals surface area (Å²) >= 11 is 0. The Labute approximate surface area is 164 Å². The fraction of sp³-hybridized carbons (Fsp3) is 0.250. The minimum atomic E-state index is -3.63. The second-order valence-electron chi connectivity index (χ2n) is 6.32. The number of ether oxygens (including phenoxy) is 2. The Hall–Kier alpha value is -2.84. The molecule has 7 nitrogen and oxygen atoms in total. The average molecular weight is 402 g/mol. The van der Waals surface area contributed by atoms with Crippen LogP contribution in [-0.4, -0.2) is 39.1 Å². The SMILES string of the molecule is COc1ccc(OC)c(-c2cc(CN(C)S(=O)(=O)c3ccc(C)cc3)no2)c1. The third kappa shape index (κ3) is 4.02. The minimum absolute atomic E-state index is 0.0754. The van der Waals surface area contributed by atoms with Crippen molar-refractivity contribution in [2.45, 2.75) is 18.4 Å². The fourth-order valence-corrected chi connectivity index (χ4v) is 3.87. The number of aromatic nitrogens is 1. The molecule has 0 fully saturated rings. The molecule has 148 valence electrons. The maximum atomic E-state index is 12.7. The molecule has 0 amide bonds. The van der Waals surface area contributed by atoms with Gasteiger partial charge in [-0.2, -0.15) is 4.31 Å². The van der Waals surface area contributed by atoms with Gasteiger partial charge in [0.25, 0.3) is 0 Å². The molecule has 0 aliphatic heterocycles. The molecule has 1 aromatic heterocycles. The molecule has 0 spiro atoms. The van der Waals surface area contributed by atoms with E-state index >= 15 is 0 Å². The largest absolute Gasteiger partial charge is 0.497 e. The molecule has 0 N–H and O–H groups in total. The maximum absolute atomic E-state index is 12.7. The summed E-state index contributed by atoms with van der Waals surface area (Å²) in [7, 11) is 1.02. The number of aryl methyl sites for hydroxylation is 1. The van der Waals surface area contributed by atoms with E-state index in [1.165, 1.54) is 11.4 Å². The van der Waals surface area contributed by atoms with Crippen LogP contribution in [0.2, 0.25) is 0 Å². The number of hydrogen-bond donors (Lipinski definition) is 0. The van der Waals surface area contributed by atoms with Crippen LogP contribution < -0.4 is 9.47 Å². The summed E-state index contributed by atoms with van der Waals surface area (Å²) in [4.78, 5) is 0.235. The number of hydrogen-bond acceptors (Lipinski definition) is 6. The van der Waals surface area contributed by atoms with Crippen LogP contribution in [0.1, 0.15) is 11.3 Å². The van der Waals surface area contributed by atoms with Gasteiger partial charge in [0.15, 0.2) is 5.76 Å². The van der Waals surface area contributed by atoms with Gasteiger partial charge >= 0.3 is 0 Å². The predicted octanol–water partition coefficient (Wildman–Crippen LogP) is 3.49. The molecule has 28 heavy (non-hydrogen) atoms. The van der Waals surface area contributed by atoms with E-state index in [1.54, 1.807) is 62.8 Å². The quantitative estimate of drug-likeness (QED) is 0.602. The number of benzene rings is 2. The topological polar surface area (TPSA) is 81.9 Å². The third-order valence-electron chi connectivity index (χ3n) is 4.34. The van der Waals surface area contributed by atoms with Gasteiger partial charge in [0, 0.05) is 13.1 Å². The number of rotatable bonds is 7. The normalized spacial score (nSPS) is 11.6. The first-order valence-corrected chi connectivity index (χ1v) is 10.00. The number of sulfonamides is 1. The maximum Gasteiger partial charge on any atom is 0.243 e. The van der Waals surface area contributed by atoms with E-state index in [9.17, 15) is 8.42 Å². The highest BCUT2D eigenvalue weighted by Gasteiger charge is 2.22. The third-order valence-corrected chi connectivity index (χ3v) is 6.16. The van der Waals surface area contributed by atoms with Crippen molar-refractivity contribution in [2.24, 2.45) is 0 Å². The first-order chi connectivity index (χ1) is 13.3. The van der Waals surface area contributed by atoms with Gasteiger partial charge in [-0.25, -0.2) is 8.42 Å². The molecule has 0 radical (unpaired) electrons. The van der Waals surface area contributed by atoms with Gasteiger partial charge in [0.05, 0.1) is 36.9 Å². The molecule has 0 aliphatic rings. The molecule has 3 aromatic rings. The molecule has 0 aliphatic carbocycles. The number of nitrogens with zero attached hydrogens (tertiary/aromatic N) is 2. The lowest BCUT2D eigenvalue weighted by molar-refractivity contribution is 0.390. The summed E-state index contributed by atoms with van der Waals surface area (Å²) in [6.07, 6.45) is 0. The van der Waals surface area contributed by atoms with Gasteiger partial charge in [0.2, 0.25) is 10.0 Å². The van der Waals surface area contributed by atoms with Crippen molar-refractivity contribution in [3.05, 3.63) is 59.8 Å². The molecule has 8 heteroatoms. The molecular weight excluding hydrogens is 380 g/mol. The predicted molar refractivity (Wildman–Crippen MR) is 105 cm³/mol. The van der Waals surface area contributed by atoms with Gasteiger partial charge in [-0.1, -0.05) is 22.9 Å². The molecular formula is C20H22N2O5S. The summed E-state index contributed by atoms with van der Waals surface area (Å²) in [5, 5.41) is 4.01.